The van der Waals surface area contributed by atoms with Crippen molar-refractivity contribution < 1.29 is 9.47 Å². The molecule has 0 bridgehead atoms. The van der Waals surface area contributed by atoms with E-state index < -0.39 is 0 Å². The average Bonchev–Trinajstić information content (AvgIpc) is 2.57. The maximum atomic E-state index is 5.20. The molecule has 6 heteroatoms. The lowest BCUT2D eigenvalue weighted by Gasteiger charge is -1.99. The monoisotopic (exact) mass is 172 g/mol. The van der Waals surface area contributed by atoms with Gasteiger partial charge in [-0.05, 0) is 0 Å². The molecular formula is C6H12N4O2. The molecule has 1 aromatic heterocycles. The summed E-state index contributed by atoms with van der Waals surface area (Å²) in [6.07, 6.45) is 0.681. The zero-order valence-corrected chi connectivity index (χ0v) is 6.99. The minimum atomic E-state index is 0.600. The Kier molecular flexibility index (Phi) is 4.25. The van der Waals surface area contributed by atoms with Crippen LogP contribution in [-0.2, 0) is 15.9 Å². The molecule has 1 rings (SSSR count). The fourth-order valence-electron chi connectivity index (χ4n) is 0.696. The Bertz CT molecular complexity index is 189. The van der Waals surface area contributed by atoms with Gasteiger partial charge in [-0.1, -0.05) is 5.21 Å². The fourth-order valence-corrected chi connectivity index (χ4v) is 0.696. The van der Waals surface area contributed by atoms with Gasteiger partial charge in [0, 0.05) is 13.5 Å². The Labute approximate surface area is 70.3 Å². The zero-order chi connectivity index (χ0) is 8.65. The van der Waals surface area contributed by atoms with Crippen molar-refractivity contribution in [2.75, 3.05) is 26.9 Å². The van der Waals surface area contributed by atoms with Crippen molar-refractivity contribution in [3.8, 4) is 0 Å². The van der Waals surface area contributed by atoms with Gasteiger partial charge in [-0.3, -0.25) is 0 Å². The summed E-state index contributed by atoms with van der Waals surface area (Å²) < 4.78 is 10.0. The lowest BCUT2D eigenvalue weighted by atomic mass is 10.4. The van der Waals surface area contributed by atoms with Gasteiger partial charge in [0.25, 0.3) is 0 Å². The first-order chi connectivity index (χ1) is 5.93. The van der Waals surface area contributed by atoms with Crippen LogP contribution < -0.4 is 0 Å². The van der Waals surface area contributed by atoms with Gasteiger partial charge in [0.15, 0.2) is 5.82 Å². The number of nitrogens with one attached hydrogen (secondary N) is 1. The molecule has 1 heterocycles. The Hall–Kier alpha value is -1.01. The van der Waals surface area contributed by atoms with E-state index in [0.717, 1.165) is 0 Å². The summed E-state index contributed by atoms with van der Waals surface area (Å²) in [6.45, 7) is 1.82. The summed E-state index contributed by atoms with van der Waals surface area (Å²) in [6, 6.07) is 0. The van der Waals surface area contributed by atoms with Crippen LogP contribution in [0.25, 0.3) is 0 Å². The second-order valence-electron chi connectivity index (χ2n) is 2.18. The van der Waals surface area contributed by atoms with E-state index >= 15 is 0 Å². The number of rotatable bonds is 6. The predicted octanol–water partition coefficient (Wildman–Crippen LogP) is -0.595. The third-order valence-corrected chi connectivity index (χ3v) is 1.29. The molecule has 0 atom stereocenters. The molecule has 1 aromatic rings. The molecule has 6 nitrogen and oxygen atoms in total. The number of methoxy groups -OCH3 is 1. The molecule has 1 N–H and O–H groups in total. The van der Waals surface area contributed by atoms with Crippen molar-refractivity contribution in [1.29, 1.82) is 0 Å². The third-order valence-electron chi connectivity index (χ3n) is 1.29. The van der Waals surface area contributed by atoms with E-state index in [1.165, 1.54) is 0 Å². The number of nitrogens with zero attached hydrogens (tertiary/aromatic N) is 3. The van der Waals surface area contributed by atoms with Gasteiger partial charge in [0.2, 0.25) is 0 Å². The number of hydrogen-bond donors (Lipinski definition) is 1. The lowest BCUT2D eigenvalue weighted by molar-refractivity contribution is 0.0716. The summed E-state index contributed by atoms with van der Waals surface area (Å²) >= 11 is 0. The first kappa shape index (κ1) is 9.08. The van der Waals surface area contributed by atoms with Crippen LogP contribution in [0.5, 0.6) is 0 Å². The van der Waals surface area contributed by atoms with Crippen LogP contribution in [0.2, 0.25) is 0 Å². The van der Waals surface area contributed by atoms with Gasteiger partial charge in [-0.2, -0.15) is 5.21 Å². The second kappa shape index (κ2) is 5.62. The van der Waals surface area contributed by atoms with Crippen LogP contribution in [-0.4, -0.2) is 47.6 Å². The van der Waals surface area contributed by atoms with E-state index in [1.54, 1.807) is 7.11 Å². The van der Waals surface area contributed by atoms with Crippen molar-refractivity contribution in [3.05, 3.63) is 5.82 Å². The number of aromatic amines is 1. The number of ether oxygens (including phenoxy) is 2. The number of tetrazole rings is 1. The van der Waals surface area contributed by atoms with Gasteiger partial charge in [-0.25, -0.2) is 0 Å². The van der Waals surface area contributed by atoms with Crippen LogP contribution in [0.15, 0.2) is 0 Å². The van der Waals surface area contributed by atoms with Crippen LogP contribution in [0.3, 0.4) is 0 Å². The topological polar surface area (TPSA) is 72.9 Å². The largest absolute Gasteiger partial charge is 0.382 e. The lowest BCUT2D eigenvalue weighted by Crippen LogP contribution is -2.05. The first-order valence-corrected chi connectivity index (χ1v) is 3.72. The van der Waals surface area contributed by atoms with Crippen LogP contribution in [0.1, 0.15) is 5.82 Å². The maximum absolute atomic E-state index is 5.20. The van der Waals surface area contributed by atoms with Crippen molar-refractivity contribution in [3.63, 3.8) is 0 Å². The zero-order valence-electron chi connectivity index (χ0n) is 6.99. The summed E-state index contributed by atoms with van der Waals surface area (Å²) in [5.74, 6) is 0.674. The third kappa shape index (κ3) is 3.40. The molecule has 0 aromatic carbocycles. The number of hydrogen-bond acceptors (Lipinski definition) is 5. The van der Waals surface area contributed by atoms with Gasteiger partial charge in [0.1, 0.15) is 0 Å². The Balaban J connectivity index is 1.96. The normalized spacial score (nSPS) is 10.4. The molecular weight excluding hydrogens is 160 g/mol. The SMILES string of the molecule is COCCOCCc1nn[nH]n1. The van der Waals surface area contributed by atoms with E-state index in [2.05, 4.69) is 20.6 Å². The first-order valence-electron chi connectivity index (χ1n) is 3.72. The fraction of sp³-hybridized carbons (Fsp3) is 0.833. The average molecular weight is 172 g/mol. The molecule has 0 fully saturated rings. The quantitative estimate of drug-likeness (QED) is 0.580. The summed E-state index contributed by atoms with van der Waals surface area (Å²) in [5.41, 5.74) is 0. The minimum Gasteiger partial charge on any atom is -0.382 e. The Morgan fingerprint density at radius 3 is 2.92 bits per heavy atom. The minimum absolute atomic E-state index is 0.600. The predicted molar refractivity (Wildman–Crippen MR) is 40.6 cm³/mol. The Morgan fingerprint density at radius 2 is 2.25 bits per heavy atom. The molecule has 68 valence electrons. The molecule has 0 aliphatic carbocycles. The summed E-state index contributed by atoms with van der Waals surface area (Å²) in [7, 11) is 1.64. The van der Waals surface area contributed by atoms with Gasteiger partial charge in [-0.15, -0.1) is 10.2 Å². The van der Waals surface area contributed by atoms with Crippen LogP contribution in [0, 0.1) is 0 Å². The highest BCUT2D eigenvalue weighted by Crippen LogP contribution is 1.86. The van der Waals surface area contributed by atoms with Gasteiger partial charge in [0.05, 0.1) is 19.8 Å². The highest BCUT2D eigenvalue weighted by molar-refractivity contribution is 4.74. The molecule has 0 unspecified atom stereocenters. The molecule has 12 heavy (non-hydrogen) atoms. The van der Waals surface area contributed by atoms with E-state index in [4.69, 9.17) is 9.47 Å². The molecule has 0 aliphatic heterocycles. The van der Waals surface area contributed by atoms with Gasteiger partial charge < -0.3 is 9.47 Å². The number of aromatic nitrogens is 4. The van der Waals surface area contributed by atoms with Crippen LogP contribution in [0.4, 0.5) is 0 Å². The van der Waals surface area contributed by atoms with Crippen molar-refractivity contribution in [2.24, 2.45) is 0 Å². The van der Waals surface area contributed by atoms with Crippen molar-refractivity contribution in [2.45, 2.75) is 6.42 Å². The van der Waals surface area contributed by atoms with E-state index in [-0.39, 0.29) is 0 Å². The van der Waals surface area contributed by atoms with Crippen molar-refractivity contribution in [1.82, 2.24) is 20.6 Å². The molecule has 0 amide bonds. The van der Waals surface area contributed by atoms with E-state index in [0.29, 0.717) is 32.1 Å². The van der Waals surface area contributed by atoms with E-state index in [1.807, 2.05) is 0 Å². The summed E-state index contributed by atoms with van der Waals surface area (Å²) in [4.78, 5) is 0. The smallest absolute Gasteiger partial charge is 0.176 e. The van der Waals surface area contributed by atoms with Crippen molar-refractivity contribution >= 4 is 0 Å². The molecule has 0 radical (unpaired) electrons. The molecule has 0 saturated carbocycles. The van der Waals surface area contributed by atoms with Gasteiger partial charge >= 0.3 is 0 Å². The molecule has 0 aliphatic rings. The molecule has 0 saturated heterocycles. The number of H-pyrrole nitrogens is 1. The highest BCUT2D eigenvalue weighted by Gasteiger charge is 1.96. The molecule has 0 spiro atoms. The highest BCUT2D eigenvalue weighted by atomic mass is 16.5. The van der Waals surface area contributed by atoms with Crippen LogP contribution >= 0.6 is 0 Å². The maximum Gasteiger partial charge on any atom is 0.176 e. The van der Waals surface area contributed by atoms with E-state index in [9.17, 15) is 0 Å². The Morgan fingerprint density at radius 1 is 1.33 bits per heavy atom. The second-order valence-corrected chi connectivity index (χ2v) is 2.18. The standard InChI is InChI=1S/C6H12N4O2/c1-11-4-5-12-3-2-6-7-9-10-8-6/h2-5H2,1H3,(H,7,8,9,10). The summed E-state index contributed by atoms with van der Waals surface area (Å²) in [5, 5.41) is 13.3.